The second-order valence-corrected chi connectivity index (χ2v) is 7.20. The number of nitrogens with one attached hydrogen (secondary N) is 1. The zero-order valence-electron chi connectivity index (χ0n) is 10.8. The molecule has 1 fully saturated rings. The number of sulfone groups is 1. The van der Waals surface area contributed by atoms with E-state index in [0.717, 1.165) is 19.2 Å². The van der Waals surface area contributed by atoms with E-state index in [-0.39, 0.29) is 5.91 Å². The minimum atomic E-state index is -3.30. The summed E-state index contributed by atoms with van der Waals surface area (Å²) in [4.78, 5) is 13.4. The van der Waals surface area contributed by atoms with Crippen LogP contribution in [0.1, 0.15) is 26.2 Å². The van der Waals surface area contributed by atoms with Gasteiger partial charge in [0.2, 0.25) is 5.91 Å². The lowest BCUT2D eigenvalue weighted by atomic mass is 10.0. The Hall–Kier alpha value is -0.620. The van der Waals surface area contributed by atoms with Crippen LogP contribution >= 0.6 is 0 Å². The highest BCUT2D eigenvalue weighted by molar-refractivity contribution is 7.92. The first kappa shape index (κ1) is 14.4. The van der Waals surface area contributed by atoms with E-state index >= 15 is 0 Å². The number of nitrogens with zero attached hydrogens (tertiary/aromatic N) is 1. The summed E-state index contributed by atoms with van der Waals surface area (Å²) in [6.45, 7) is 3.01. The zero-order valence-corrected chi connectivity index (χ0v) is 11.6. The molecule has 1 heterocycles. The molecule has 0 spiro atoms. The molecular weight excluding hydrogens is 240 g/mol. The number of hydrogen-bond acceptors (Lipinski definition) is 4. The van der Waals surface area contributed by atoms with Gasteiger partial charge >= 0.3 is 0 Å². The molecule has 6 heteroatoms. The summed E-state index contributed by atoms with van der Waals surface area (Å²) in [6, 6.07) is 0.296. The van der Waals surface area contributed by atoms with Gasteiger partial charge in [-0.05, 0) is 26.3 Å². The average Bonchev–Trinajstić information content (AvgIpc) is 2.27. The number of rotatable bonds is 4. The minimum Gasteiger partial charge on any atom is -0.343 e. The van der Waals surface area contributed by atoms with Crippen LogP contribution in [0.2, 0.25) is 0 Å². The fourth-order valence-corrected chi connectivity index (χ4v) is 2.54. The summed E-state index contributed by atoms with van der Waals surface area (Å²) in [6.07, 6.45) is 4.49. The molecular formula is C11H22N2O3S. The molecule has 0 aromatic heterocycles. The van der Waals surface area contributed by atoms with Gasteiger partial charge in [-0.15, -0.1) is 0 Å². The highest BCUT2D eigenvalue weighted by Crippen LogP contribution is 2.09. The summed E-state index contributed by atoms with van der Waals surface area (Å²) >= 11 is 0. The Bertz CT molecular complexity index is 361. The summed E-state index contributed by atoms with van der Waals surface area (Å²) < 4.78 is 22.6. The molecule has 1 aliphatic rings. The Morgan fingerprint density at radius 1 is 1.47 bits per heavy atom. The van der Waals surface area contributed by atoms with Crippen molar-refractivity contribution in [2.24, 2.45) is 0 Å². The monoisotopic (exact) mass is 262 g/mol. The highest BCUT2D eigenvalue weighted by atomic mass is 32.2. The molecule has 1 N–H and O–H groups in total. The molecule has 1 rings (SSSR count). The Morgan fingerprint density at radius 2 is 2.12 bits per heavy atom. The van der Waals surface area contributed by atoms with Gasteiger partial charge in [0.05, 0.1) is 0 Å². The van der Waals surface area contributed by atoms with Crippen molar-refractivity contribution in [2.45, 2.75) is 37.5 Å². The van der Waals surface area contributed by atoms with E-state index in [4.69, 9.17) is 0 Å². The van der Waals surface area contributed by atoms with Crippen LogP contribution in [0.3, 0.4) is 0 Å². The minimum absolute atomic E-state index is 0.296. The molecule has 5 nitrogen and oxygen atoms in total. The number of likely N-dealkylation sites (N-methyl/N-ethyl adjacent to an activating group) is 1. The van der Waals surface area contributed by atoms with Gasteiger partial charge in [0.25, 0.3) is 0 Å². The molecule has 17 heavy (non-hydrogen) atoms. The fraction of sp³-hybridized carbons (Fsp3) is 0.909. The van der Waals surface area contributed by atoms with Crippen LogP contribution in [0.5, 0.6) is 0 Å². The molecule has 1 saturated heterocycles. The third-order valence-electron chi connectivity index (χ3n) is 3.27. The largest absolute Gasteiger partial charge is 0.343 e. The predicted octanol–water partition coefficient (Wildman–Crippen LogP) is 0.0200. The summed E-state index contributed by atoms with van der Waals surface area (Å²) in [5, 5.41) is 2.39. The molecule has 0 saturated carbocycles. The second kappa shape index (κ2) is 5.82. The third kappa shape index (κ3) is 4.27. The van der Waals surface area contributed by atoms with Crippen molar-refractivity contribution in [2.75, 3.05) is 26.4 Å². The number of carbonyl (C=O) groups excluding carboxylic acids is 1. The van der Waals surface area contributed by atoms with Crippen LogP contribution in [0, 0.1) is 0 Å². The van der Waals surface area contributed by atoms with Gasteiger partial charge in [-0.3, -0.25) is 4.79 Å². The summed E-state index contributed by atoms with van der Waals surface area (Å²) in [5.41, 5.74) is 0. The lowest BCUT2D eigenvalue weighted by molar-refractivity contribution is -0.129. The van der Waals surface area contributed by atoms with E-state index in [1.807, 2.05) is 0 Å². The SMILES string of the molecule is CC(C(=O)N(C)CC1CCCCN1)S(C)(=O)=O. The predicted molar refractivity (Wildman–Crippen MR) is 67.6 cm³/mol. The van der Waals surface area contributed by atoms with Gasteiger partial charge in [0, 0.05) is 25.9 Å². The van der Waals surface area contributed by atoms with E-state index in [1.54, 1.807) is 7.05 Å². The van der Waals surface area contributed by atoms with Crippen molar-refractivity contribution in [3.8, 4) is 0 Å². The topological polar surface area (TPSA) is 66.5 Å². The van der Waals surface area contributed by atoms with Crippen LogP contribution in [-0.2, 0) is 14.6 Å². The number of hydrogen-bond donors (Lipinski definition) is 1. The van der Waals surface area contributed by atoms with E-state index in [0.29, 0.717) is 12.6 Å². The first-order valence-corrected chi connectivity index (χ1v) is 7.95. The van der Waals surface area contributed by atoms with Gasteiger partial charge in [-0.25, -0.2) is 8.42 Å². The Kier molecular flexibility index (Phi) is 4.94. The van der Waals surface area contributed by atoms with Crippen LogP contribution in [0.15, 0.2) is 0 Å². The van der Waals surface area contributed by atoms with E-state index in [9.17, 15) is 13.2 Å². The fourth-order valence-electron chi connectivity index (χ4n) is 1.99. The molecule has 2 unspecified atom stereocenters. The average molecular weight is 262 g/mol. The third-order valence-corrected chi connectivity index (χ3v) is 4.76. The standard InChI is InChI=1S/C11H22N2O3S/c1-9(17(3,15)16)11(14)13(2)8-10-6-4-5-7-12-10/h9-10,12H,4-8H2,1-3H3. The molecule has 0 aromatic carbocycles. The van der Waals surface area contributed by atoms with Crippen LogP contribution in [0.25, 0.3) is 0 Å². The van der Waals surface area contributed by atoms with Crippen LogP contribution in [-0.4, -0.2) is 56.9 Å². The molecule has 1 aliphatic heterocycles. The quantitative estimate of drug-likeness (QED) is 0.775. The maximum absolute atomic E-state index is 11.9. The molecule has 100 valence electrons. The van der Waals surface area contributed by atoms with Gasteiger partial charge in [0.15, 0.2) is 9.84 Å². The lowest BCUT2D eigenvalue weighted by Crippen LogP contribution is -2.47. The Morgan fingerprint density at radius 3 is 2.59 bits per heavy atom. The lowest BCUT2D eigenvalue weighted by Gasteiger charge is -2.29. The molecule has 1 amide bonds. The summed E-state index contributed by atoms with van der Waals surface area (Å²) in [7, 11) is -1.63. The van der Waals surface area contributed by atoms with E-state index in [1.165, 1.54) is 24.7 Å². The van der Waals surface area contributed by atoms with Crippen LogP contribution < -0.4 is 5.32 Å². The first-order valence-electron chi connectivity index (χ1n) is 5.99. The van der Waals surface area contributed by atoms with Crippen molar-refractivity contribution >= 4 is 15.7 Å². The zero-order chi connectivity index (χ0) is 13.1. The van der Waals surface area contributed by atoms with E-state index in [2.05, 4.69) is 5.32 Å². The Balaban J connectivity index is 2.51. The molecule has 0 aromatic rings. The van der Waals surface area contributed by atoms with Gasteiger partial charge in [0.1, 0.15) is 5.25 Å². The van der Waals surface area contributed by atoms with Crippen molar-refractivity contribution in [3.63, 3.8) is 0 Å². The molecule has 0 bridgehead atoms. The summed E-state index contributed by atoms with van der Waals surface area (Å²) in [5.74, 6) is -0.320. The maximum Gasteiger partial charge on any atom is 0.240 e. The van der Waals surface area contributed by atoms with Gasteiger partial charge in [-0.1, -0.05) is 6.42 Å². The maximum atomic E-state index is 11.9. The van der Waals surface area contributed by atoms with Crippen LogP contribution in [0.4, 0.5) is 0 Å². The van der Waals surface area contributed by atoms with Crippen molar-refractivity contribution in [3.05, 3.63) is 0 Å². The van der Waals surface area contributed by atoms with Gasteiger partial charge < -0.3 is 10.2 Å². The number of piperidine rings is 1. The second-order valence-electron chi connectivity index (χ2n) is 4.84. The molecule has 2 atom stereocenters. The van der Waals surface area contributed by atoms with Crippen molar-refractivity contribution < 1.29 is 13.2 Å². The first-order chi connectivity index (χ1) is 7.82. The smallest absolute Gasteiger partial charge is 0.240 e. The normalized spacial score (nSPS) is 23.1. The van der Waals surface area contributed by atoms with Crippen molar-refractivity contribution in [1.29, 1.82) is 0 Å². The number of amides is 1. The highest BCUT2D eigenvalue weighted by Gasteiger charge is 2.27. The Labute approximate surface area is 103 Å². The van der Waals surface area contributed by atoms with Gasteiger partial charge in [-0.2, -0.15) is 0 Å². The van der Waals surface area contributed by atoms with E-state index < -0.39 is 15.1 Å². The molecule has 0 aliphatic carbocycles. The molecule has 0 radical (unpaired) electrons. The number of carbonyl (C=O) groups is 1. The van der Waals surface area contributed by atoms with Crippen molar-refractivity contribution in [1.82, 2.24) is 10.2 Å².